The molecule has 1 atom stereocenters. The minimum Gasteiger partial charge on any atom is -0.493 e. The Hall–Kier alpha value is -2.65. The maximum absolute atomic E-state index is 12.3. The molecule has 0 heterocycles. The summed E-state index contributed by atoms with van der Waals surface area (Å²) in [5.74, 6) is 2.48. The third kappa shape index (κ3) is 7.35. The van der Waals surface area contributed by atoms with E-state index in [1.165, 1.54) is 0 Å². The first-order chi connectivity index (χ1) is 13.9. The van der Waals surface area contributed by atoms with Crippen LogP contribution < -0.4 is 14.8 Å². The van der Waals surface area contributed by atoms with Crippen LogP contribution in [-0.2, 0) is 4.79 Å². The van der Waals surface area contributed by atoms with Gasteiger partial charge in [0.2, 0.25) is 5.91 Å². The third-order valence-corrected chi connectivity index (χ3v) is 5.23. The molecule has 154 valence electrons. The molecular formula is C23H28N2O3S. The number of ether oxygens (including phenoxy) is 2. The predicted octanol–water partition coefficient (Wildman–Crippen LogP) is 4.96. The zero-order valence-corrected chi connectivity index (χ0v) is 18.2. The van der Waals surface area contributed by atoms with Gasteiger partial charge in [0.05, 0.1) is 31.4 Å². The molecule has 0 radical (unpaired) electrons. The number of hydrogen-bond acceptors (Lipinski definition) is 5. The Morgan fingerprint density at radius 1 is 1.14 bits per heavy atom. The Morgan fingerprint density at radius 2 is 1.86 bits per heavy atom. The Balaban J connectivity index is 1.85. The number of hydrogen-bond donors (Lipinski definition) is 1. The number of nitriles is 1. The summed E-state index contributed by atoms with van der Waals surface area (Å²) in [5, 5.41) is 11.9. The highest BCUT2D eigenvalue weighted by molar-refractivity contribution is 7.99. The molecule has 0 aliphatic carbocycles. The number of carbonyl (C=O) groups excluding carboxylic acids is 1. The molecule has 5 nitrogen and oxygen atoms in total. The van der Waals surface area contributed by atoms with Crippen LogP contribution >= 0.6 is 11.8 Å². The SMILES string of the molecule is COc1cc(C(C)NC(=O)CCSc2ccc(C#N)cc2)ccc1OCC(C)C. The molecule has 1 unspecified atom stereocenters. The quantitative estimate of drug-likeness (QED) is 0.558. The summed E-state index contributed by atoms with van der Waals surface area (Å²) in [7, 11) is 1.62. The fraction of sp³-hybridized carbons (Fsp3) is 0.391. The molecule has 0 aliphatic rings. The number of nitrogens with one attached hydrogen (secondary N) is 1. The van der Waals surface area contributed by atoms with Crippen molar-refractivity contribution in [3.63, 3.8) is 0 Å². The summed E-state index contributed by atoms with van der Waals surface area (Å²) in [4.78, 5) is 13.3. The number of rotatable bonds is 10. The van der Waals surface area contributed by atoms with Crippen LogP contribution in [0.2, 0.25) is 0 Å². The van der Waals surface area contributed by atoms with E-state index in [4.69, 9.17) is 14.7 Å². The maximum Gasteiger partial charge on any atom is 0.221 e. The van der Waals surface area contributed by atoms with E-state index in [9.17, 15) is 4.79 Å². The highest BCUT2D eigenvalue weighted by Crippen LogP contribution is 2.30. The summed E-state index contributed by atoms with van der Waals surface area (Å²) >= 11 is 1.60. The molecule has 0 aliphatic heterocycles. The van der Waals surface area contributed by atoms with Crippen molar-refractivity contribution in [3.8, 4) is 17.6 Å². The minimum absolute atomic E-state index is 0.00209. The number of benzene rings is 2. The summed E-state index contributed by atoms with van der Waals surface area (Å²) < 4.78 is 11.2. The van der Waals surface area contributed by atoms with E-state index in [0.717, 1.165) is 10.5 Å². The first kappa shape index (κ1) is 22.6. The Labute approximate surface area is 177 Å². The molecule has 29 heavy (non-hydrogen) atoms. The Kier molecular flexibility index (Phi) is 8.88. The van der Waals surface area contributed by atoms with E-state index in [1.807, 2.05) is 37.3 Å². The standard InChI is InChI=1S/C23H28N2O3S/c1-16(2)15-28-21-10-7-19(13-22(21)27-4)17(3)25-23(26)11-12-29-20-8-5-18(14-24)6-9-20/h5-10,13,16-17H,11-12,15H2,1-4H3,(H,25,26). The molecule has 0 bridgehead atoms. The Bertz CT molecular complexity index is 844. The lowest BCUT2D eigenvalue weighted by Crippen LogP contribution is -2.26. The Morgan fingerprint density at radius 3 is 2.48 bits per heavy atom. The summed E-state index contributed by atoms with van der Waals surface area (Å²) in [5.41, 5.74) is 1.60. The van der Waals surface area contributed by atoms with E-state index in [1.54, 1.807) is 31.0 Å². The maximum atomic E-state index is 12.3. The van der Waals surface area contributed by atoms with Crippen LogP contribution in [0.3, 0.4) is 0 Å². The number of amides is 1. The van der Waals surface area contributed by atoms with E-state index < -0.39 is 0 Å². The van der Waals surface area contributed by atoms with Crippen molar-refractivity contribution in [3.05, 3.63) is 53.6 Å². The van der Waals surface area contributed by atoms with Crippen LogP contribution in [0.1, 0.15) is 44.4 Å². The van der Waals surface area contributed by atoms with Gasteiger partial charge in [-0.3, -0.25) is 4.79 Å². The zero-order valence-electron chi connectivity index (χ0n) is 17.4. The second-order valence-corrected chi connectivity index (χ2v) is 8.31. The van der Waals surface area contributed by atoms with Crippen LogP contribution in [0.4, 0.5) is 0 Å². The first-order valence-electron chi connectivity index (χ1n) is 9.66. The fourth-order valence-corrected chi connectivity index (χ4v) is 3.47. The van der Waals surface area contributed by atoms with Gasteiger partial charge in [0, 0.05) is 17.1 Å². The highest BCUT2D eigenvalue weighted by Gasteiger charge is 2.13. The normalized spacial score (nSPS) is 11.6. The van der Waals surface area contributed by atoms with Crippen LogP contribution in [0.15, 0.2) is 47.4 Å². The molecule has 2 aromatic carbocycles. The van der Waals surface area contributed by atoms with E-state index >= 15 is 0 Å². The topological polar surface area (TPSA) is 71.3 Å². The van der Waals surface area contributed by atoms with Gasteiger partial charge in [-0.25, -0.2) is 0 Å². The van der Waals surface area contributed by atoms with E-state index in [0.29, 0.717) is 41.8 Å². The highest BCUT2D eigenvalue weighted by atomic mass is 32.2. The van der Waals surface area contributed by atoms with Gasteiger partial charge < -0.3 is 14.8 Å². The predicted molar refractivity (Wildman–Crippen MR) is 116 cm³/mol. The molecular weight excluding hydrogens is 384 g/mol. The monoisotopic (exact) mass is 412 g/mol. The zero-order chi connectivity index (χ0) is 21.2. The molecule has 0 aromatic heterocycles. The van der Waals surface area contributed by atoms with Crippen LogP contribution in [-0.4, -0.2) is 25.4 Å². The average Bonchev–Trinajstić information content (AvgIpc) is 2.72. The van der Waals surface area contributed by atoms with Crippen molar-refractivity contribution in [1.29, 1.82) is 5.26 Å². The molecule has 0 saturated carbocycles. The van der Waals surface area contributed by atoms with E-state index in [-0.39, 0.29) is 11.9 Å². The van der Waals surface area contributed by atoms with E-state index in [2.05, 4.69) is 25.2 Å². The lowest BCUT2D eigenvalue weighted by Gasteiger charge is -2.18. The minimum atomic E-state index is -0.129. The number of methoxy groups -OCH3 is 1. The van der Waals surface area contributed by atoms with Gasteiger partial charge in [-0.1, -0.05) is 19.9 Å². The number of carbonyl (C=O) groups is 1. The number of thioether (sulfide) groups is 1. The molecule has 6 heteroatoms. The van der Waals surface area contributed by atoms with Crippen LogP contribution in [0.5, 0.6) is 11.5 Å². The smallest absolute Gasteiger partial charge is 0.221 e. The van der Waals surface area contributed by atoms with Gasteiger partial charge in [0.25, 0.3) is 0 Å². The van der Waals surface area contributed by atoms with Crippen molar-refractivity contribution in [2.24, 2.45) is 5.92 Å². The number of nitrogens with zero attached hydrogens (tertiary/aromatic N) is 1. The van der Waals surface area contributed by atoms with Gasteiger partial charge in [0.15, 0.2) is 11.5 Å². The summed E-state index contributed by atoms with van der Waals surface area (Å²) in [6, 6.07) is 15.1. The van der Waals surface area contributed by atoms with Gasteiger partial charge >= 0.3 is 0 Å². The molecule has 2 aromatic rings. The van der Waals surface area contributed by atoms with Crippen molar-refractivity contribution >= 4 is 17.7 Å². The van der Waals surface area contributed by atoms with Crippen molar-refractivity contribution < 1.29 is 14.3 Å². The second kappa shape index (κ2) is 11.4. The third-order valence-electron chi connectivity index (χ3n) is 4.22. The molecule has 1 amide bonds. The summed E-state index contributed by atoms with van der Waals surface area (Å²) in [6.07, 6.45) is 0.418. The van der Waals surface area contributed by atoms with Crippen molar-refractivity contribution in [2.45, 2.75) is 38.1 Å². The lowest BCUT2D eigenvalue weighted by molar-refractivity contribution is -0.121. The van der Waals surface area contributed by atoms with Crippen molar-refractivity contribution in [2.75, 3.05) is 19.5 Å². The summed E-state index contributed by atoms with van der Waals surface area (Å²) in [6.45, 7) is 6.77. The molecule has 0 fully saturated rings. The molecule has 2 rings (SSSR count). The molecule has 0 spiro atoms. The fourth-order valence-electron chi connectivity index (χ4n) is 2.61. The van der Waals surface area contributed by atoms with Gasteiger partial charge in [-0.15, -0.1) is 11.8 Å². The van der Waals surface area contributed by atoms with Gasteiger partial charge in [-0.2, -0.15) is 5.26 Å². The largest absolute Gasteiger partial charge is 0.493 e. The second-order valence-electron chi connectivity index (χ2n) is 7.14. The van der Waals surface area contributed by atoms with Crippen LogP contribution in [0, 0.1) is 17.2 Å². The lowest BCUT2D eigenvalue weighted by atomic mass is 10.1. The van der Waals surface area contributed by atoms with Crippen LogP contribution in [0.25, 0.3) is 0 Å². The average molecular weight is 413 g/mol. The molecule has 1 N–H and O–H groups in total. The van der Waals surface area contributed by atoms with Gasteiger partial charge in [-0.05, 0) is 54.8 Å². The first-order valence-corrected chi connectivity index (χ1v) is 10.6. The van der Waals surface area contributed by atoms with Crippen molar-refractivity contribution in [1.82, 2.24) is 5.32 Å². The molecule has 0 saturated heterocycles. The van der Waals surface area contributed by atoms with Gasteiger partial charge in [0.1, 0.15) is 0 Å².